The first kappa shape index (κ1) is 29.4. The number of amides is 1. The number of halogens is 1. The number of hydrogen-bond donors (Lipinski definition) is 3. The fraction of sp³-hybridized carbons (Fsp3) is 0.455. The Morgan fingerprint density at radius 3 is 2.71 bits per heavy atom. The molecule has 5 heterocycles. The van der Waals surface area contributed by atoms with E-state index in [1.165, 1.54) is 6.07 Å². The van der Waals surface area contributed by atoms with E-state index in [-0.39, 0.29) is 23.0 Å². The molecule has 4 aromatic rings. The Balaban J connectivity index is 1.40. The first-order valence-corrected chi connectivity index (χ1v) is 15.7. The van der Waals surface area contributed by atoms with Crippen molar-refractivity contribution in [1.29, 1.82) is 0 Å². The lowest BCUT2D eigenvalue weighted by atomic mass is 9.93. The second-order valence-corrected chi connectivity index (χ2v) is 13.0. The number of hydrogen-bond acceptors (Lipinski definition) is 9. The molecule has 0 unspecified atom stereocenters. The van der Waals surface area contributed by atoms with Crippen LogP contribution >= 0.6 is 0 Å². The van der Waals surface area contributed by atoms with Crippen molar-refractivity contribution in [1.82, 2.24) is 30.0 Å². The number of phenols is 1. The summed E-state index contributed by atoms with van der Waals surface area (Å²) < 4.78 is 17.0. The van der Waals surface area contributed by atoms with Crippen LogP contribution in [0, 0.1) is 5.82 Å². The number of fused-ring (bicyclic) bond motifs is 3. The number of carbonyl (C=O) groups is 1. The number of phenolic OH excluding ortho intramolecular Hbond substituents is 1. The molecule has 12 heteroatoms. The summed E-state index contributed by atoms with van der Waals surface area (Å²) in [4.78, 5) is 29.6. The number of nitrogens with one attached hydrogen (secondary N) is 1. The van der Waals surface area contributed by atoms with E-state index in [1.807, 2.05) is 18.5 Å². The molecule has 7 rings (SSSR count). The van der Waals surface area contributed by atoms with Crippen LogP contribution in [0.15, 0.2) is 24.3 Å². The number of aromatic hydroxyl groups is 1. The zero-order chi connectivity index (χ0) is 31.6. The average molecular weight is 614 g/mol. The molecule has 2 aromatic carbocycles. The number of aromatic nitrogens is 4. The van der Waals surface area contributed by atoms with Crippen LogP contribution in [0.3, 0.4) is 0 Å². The van der Waals surface area contributed by atoms with Gasteiger partial charge in [0.2, 0.25) is 5.95 Å². The van der Waals surface area contributed by atoms with Gasteiger partial charge in [-0.15, -0.1) is 0 Å². The maximum Gasteiger partial charge on any atom is 0.274 e. The van der Waals surface area contributed by atoms with Crippen molar-refractivity contribution in [3.05, 3.63) is 58.3 Å². The molecule has 11 nitrogen and oxygen atoms in total. The van der Waals surface area contributed by atoms with Crippen LogP contribution in [0.4, 0.5) is 16.0 Å². The topological polar surface area (TPSA) is 129 Å². The van der Waals surface area contributed by atoms with Crippen molar-refractivity contribution in [2.45, 2.75) is 58.3 Å². The van der Waals surface area contributed by atoms with Crippen molar-refractivity contribution in [3.8, 4) is 17.0 Å². The van der Waals surface area contributed by atoms with Gasteiger partial charge < -0.3 is 30.9 Å². The van der Waals surface area contributed by atoms with E-state index in [2.05, 4.69) is 15.1 Å². The van der Waals surface area contributed by atoms with Gasteiger partial charge in [-0.2, -0.15) is 5.10 Å². The molecule has 1 amide bonds. The van der Waals surface area contributed by atoms with Gasteiger partial charge in [-0.25, -0.2) is 14.4 Å². The van der Waals surface area contributed by atoms with Crippen molar-refractivity contribution < 1.29 is 14.3 Å². The number of rotatable bonds is 5. The molecular formula is C33H40FN9O2. The maximum atomic E-state index is 15.0. The molecule has 236 valence electrons. The van der Waals surface area contributed by atoms with Gasteiger partial charge in [0.1, 0.15) is 11.6 Å². The van der Waals surface area contributed by atoms with E-state index in [4.69, 9.17) is 20.8 Å². The Labute approximate surface area is 261 Å². The minimum absolute atomic E-state index is 0.130. The Hall–Kier alpha value is -4.29. The molecule has 45 heavy (non-hydrogen) atoms. The quantitative estimate of drug-likeness (QED) is 0.311. The van der Waals surface area contributed by atoms with Gasteiger partial charge in [0.25, 0.3) is 5.91 Å². The van der Waals surface area contributed by atoms with Crippen LogP contribution < -0.4 is 20.9 Å². The molecule has 0 radical (unpaired) electrons. The zero-order valence-corrected chi connectivity index (χ0v) is 26.3. The van der Waals surface area contributed by atoms with E-state index in [1.54, 1.807) is 37.2 Å². The van der Waals surface area contributed by atoms with Gasteiger partial charge >= 0.3 is 0 Å². The lowest BCUT2D eigenvalue weighted by Crippen LogP contribution is -2.66. The molecule has 0 atom stereocenters. The highest BCUT2D eigenvalue weighted by Crippen LogP contribution is 2.40. The first-order valence-electron chi connectivity index (χ1n) is 15.7. The monoisotopic (exact) mass is 613 g/mol. The van der Waals surface area contributed by atoms with Gasteiger partial charge in [0.05, 0.1) is 29.2 Å². The van der Waals surface area contributed by atoms with Crippen LogP contribution in [-0.2, 0) is 32.5 Å². The van der Waals surface area contributed by atoms with Crippen LogP contribution in [0.1, 0.15) is 53.3 Å². The summed E-state index contributed by atoms with van der Waals surface area (Å²) in [5.41, 5.74) is 12.1. The number of aryl methyl sites for hydroxylation is 2. The van der Waals surface area contributed by atoms with Gasteiger partial charge in [0.15, 0.2) is 5.69 Å². The van der Waals surface area contributed by atoms with Crippen LogP contribution in [0.25, 0.3) is 22.0 Å². The van der Waals surface area contributed by atoms with Gasteiger partial charge in [-0.1, -0.05) is 13.0 Å². The Kier molecular flexibility index (Phi) is 7.16. The molecule has 0 saturated carbocycles. The smallest absolute Gasteiger partial charge is 0.274 e. The highest BCUT2D eigenvalue weighted by molar-refractivity contribution is 6.00. The SMILES string of the molecule is CCc1c(F)ccc2cc(O)cc(N3CCc4c(nc(N5CC(C)(N)C5)nc4-c4c(C(=O)N(C)C)nn5c4CNCCC5)C3)c12. The number of benzene rings is 2. The van der Waals surface area contributed by atoms with Crippen LogP contribution in [0.5, 0.6) is 5.75 Å². The number of carbonyl (C=O) groups excluding carboxylic acids is 1. The molecule has 1 fully saturated rings. The average Bonchev–Trinajstić information content (AvgIpc) is 3.19. The second-order valence-electron chi connectivity index (χ2n) is 13.0. The summed E-state index contributed by atoms with van der Waals surface area (Å²) in [6.45, 7) is 8.37. The van der Waals surface area contributed by atoms with Crippen LogP contribution in [-0.4, -0.2) is 81.5 Å². The summed E-state index contributed by atoms with van der Waals surface area (Å²) in [6, 6.07) is 6.60. The number of anilines is 2. The highest BCUT2D eigenvalue weighted by Gasteiger charge is 2.39. The lowest BCUT2D eigenvalue weighted by Gasteiger charge is -2.45. The summed E-state index contributed by atoms with van der Waals surface area (Å²) in [6.07, 6.45) is 2.03. The first-order chi connectivity index (χ1) is 21.5. The van der Waals surface area contributed by atoms with E-state index in [9.17, 15) is 9.90 Å². The molecular weight excluding hydrogens is 573 g/mol. The van der Waals surface area contributed by atoms with Crippen molar-refractivity contribution in [2.75, 3.05) is 50.1 Å². The van der Waals surface area contributed by atoms with Gasteiger partial charge in [-0.3, -0.25) is 9.48 Å². The molecule has 1 saturated heterocycles. The third-order valence-corrected chi connectivity index (χ3v) is 9.19. The normalized spacial score (nSPS) is 17.5. The fourth-order valence-corrected chi connectivity index (χ4v) is 7.04. The summed E-state index contributed by atoms with van der Waals surface area (Å²) in [7, 11) is 3.48. The van der Waals surface area contributed by atoms with Gasteiger partial charge in [0, 0.05) is 75.1 Å². The fourth-order valence-electron chi connectivity index (χ4n) is 7.04. The number of nitrogens with zero attached hydrogens (tertiary/aromatic N) is 7. The van der Waals surface area contributed by atoms with Crippen molar-refractivity contribution in [3.63, 3.8) is 0 Å². The molecule has 0 spiro atoms. The van der Waals surface area contributed by atoms with E-state index < -0.39 is 0 Å². The molecule has 2 aromatic heterocycles. The Morgan fingerprint density at radius 1 is 1.18 bits per heavy atom. The maximum absolute atomic E-state index is 15.0. The Morgan fingerprint density at radius 2 is 1.98 bits per heavy atom. The second kappa shape index (κ2) is 11.0. The predicted octanol–water partition coefficient (Wildman–Crippen LogP) is 3.20. The standard InChI is InChI=1S/C33H40FN9O2/c1-5-21-23(34)8-7-19-13-20(44)14-25(27(19)21)41-12-9-22-24(16-41)37-32(42-17-33(2,35)18-42)38-29(22)28-26-15-36-10-6-11-43(26)39-30(28)31(45)40(3)4/h7-8,13-14,36,44H,5-6,9-12,15-18,35H2,1-4H3. The predicted molar refractivity (Wildman–Crippen MR) is 172 cm³/mol. The third-order valence-electron chi connectivity index (χ3n) is 9.19. The molecule has 3 aliphatic rings. The van der Waals surface area contributed by atoms with Crippen molar-refractivity contribution >= 4 is 28.3 Å². The summed E-state index contributed by atoms with van der Waals surface area (Å²) >= 11 is 0. The molecule has 4 N–H and O–H groups in total. The lowest BCUT2D eigenvalue weighted by molar-refractivity contribution is 0.0821. The minimum atomic E-state index is -0.336. The minimum Gasteiger partial charge on any atom is -0.508 e. The summed E-state index contributed by atoms with van der Waals surface area (Å²) in [5.74, 6) is 0.276. The summed E-state index contributed by atoms with van der Waals surface area (Å²) in [5, 5.41) is 20.6. The zero-order valence-electron chi connectivity index (χ0n) is 26.3. The Bertz CT molecular complexity index is 1830. The van der Waals surface area contributed by atoms with E-state index >= 15 is 4.39 Å². The molecule has 0 bridgehead atoms. The van der Waals surface area contributed by atoms with Crippen molar-refractivity contribution in [2.24, 2.45) is 5.73 Å². The highest BCUT2D eigenvalue weighted by atomic mass is 19.1. The third kappa shape index (κ3) is 5.05. The number of nitrogens with two attached hydrogens (primary N) is 1. The largest absolute Gasteiger partial charge is 0.508 e. The van der Waals surface area contributed by atoms with Crippen LogP contribution in [0.2, 0.25) is 0 Å². The van der Waals surface area contributed by atoms with E-state index in [0.29, 0.717) is 69.3 Å². The molecule has 3 aliphatic heterocycles. The molecule has 0 aliphatic carbocycles. The van der Waals surface area contributed by atoms with Gasteiger partial charge in [-0.05, 0) is 55.8 Å². The van der Waals surface area contributed by atoms with E-state index in [0.717, 1.165) is 57.6 Å².